The molecule has 0 aliphatic rings. The van der Waals surface area contributed by atoms with Gasteiger partial charge in [0.25, 0.3) is 12.0 Å². The zero-order chi connectivity index (χ0) is 40.3. The van der Waals surface area contributed by atoms with Gasteiger partial charge < -0.3 is 32.3 Å². The number of carboxylic acid groups (broad SMARTS) is 2. The van der Waals surface area contributed by atoms with Crippen molar-refractivity contribution in [3.63, 3.8) is 0 Å². The van der Waals surface area contributed by atoms with Gasteiger partial charge in [0.2, 0.25) is 5.91 Å². The van der Waals surface area contributed by atoms with Crippen molar-refractivity contribution in [1.29, 1.82) is 5.41 Å². The first kappa shape index (κ1) is 46.5. The molecule has 21 heteroatoms. The molecule has 1 unspecified atom stereocenters. The summed E-state index contributed by atoms with van der Waals surface area (Å²) in [5.74, 6) is -2.34. The van der Waals surface area contributed by atoms with Gasteiger partial charge in [0.15, 0.2) is 5.82 Å². The van der Waals surface area contributed by atoms with Crippen molar-refractivity contribution >= 4 is 46.5 Å². The smallest absolute Gasteiger partial charge is 0.483 e. The molecule has 0 spiro atoms. The van der Waals surface area contributed by atoms with E-state index in [4.69, 9.17) is 36.7 Å². The zero-order valence-corrected chi connectivity index (χ0v) is 29.0. The first-order valence-corrected chi connectivity index (χ1v) is 16.0. The second kappa shape index (κ2) is 22.4. The number of aliphatic carboxylic acids is 1. The van der Waals surface area contributed by atoms with E-state index in [9.17, 15) is 40.1 Å². The molecule has 0 aliphatic carbocycles. The molecule has 0 bridgehead atoms. The number of benzene rings is 2. The predicted molar refractivity (Wildman–Crippen MR) is 182 cm³/mol. The fourth-order valence-electron chi connectivity index (χ4n) is 3.75. The third-order valence-electron chi connectivity index (χ3n) is 5.75. The van der Waals surface area contributed by atoms with Crippen LogP contribution >= 0.6 is 0 Å². The molecule has 2 aromatic carbocycles. The molecule has 1 atom stereocenters. The molecule has 14 nitrogen and oxygen atoms in total. The van der Waals surface area contributed by atoms with Gasteiger partial charge >= 0.3 is 18.8 Å². The highest BCUT2D eigenvalue weighted by Gasteiger charge is 2.38. The fraction of sp³-hybridized carbons (Fsp3) is 0.355. The Morgan fingerprint density at radius 2 is 1.60 bits per heavy atom. The molecule has 0 saturated heterocycles. The Labute approximate surface area is 296 Å². The Bertz CT molecular complexity index is 1720. The van der Waals surface area contributed by atoms with Crippen LogP contribution in [-0.2, 0) is 38.3 Å². The second-order valence-electron chi connectivity index (χ2n) is 10.9. The molecule has 52 heavy (non-hydrogen) atoms. The van der Waals surface area contributed by atoms with Crippen LogP contribution in [-0.4, -0.2) is 72.8 Å². The van der Waals surface area contributed by atoms with Gasteiger partial charge in [-0.2, -0.15) is 26.3 Å². The van der Waals surface area contributed by atoms with E-state index in [2.05, 4.69) is 15.6 Å². The number of nitrogen functional groups attached to an aromatic ring is 2. The van der Waals surface area contributed by atoms with Crippen LogP contribution in [0.3, 0.4) is 0 Å². The van der Waals surface area contributed by atoms with Crippen molar-refractivity contribution in [3.8, 4) is 11.3 Å². The van der Waals surface area contributed by atoms with Gasteiger partial charge in [-0.1, -0.05) is 38.1 Å². The molecule has 3 aromatic rings. The van der Waals surface area contributed by atoms with Gasteiger partial charge in [0.05, 0.1) is 22.7 Å². The van der Waals surface area contributed by atoms with Crippen LogP contribution in [0.25, 0.3) is 11.3 Å². The molecule has 288 valence electrons. The number of anilines is 2. The van der Waals surface area contributed by atoms with Crippen molar-refractivity contribution in [1.82, 2.24) is 14.9 Å². The summed E-state index contributed by atoms with van der Waals surface area (Å²) in [5, 5.41) is 27.4. The number of amides is 1. The van der Waals surface area contributed by atoms with E-state index in [-0.39, 0.29) is 49.1 Å². The highest BCUT2D eigenvalue weighted by Crippen LogP contribution is 2.25. The molecule has 0 aliphatic heterocycles. The fourth-order valence-corrected chi connectivity index (χ4v) is 5.07. The lowest BCUT2D eigenvalue weighted by molar-refractivity contribution is -0.192. The number of hydrogen-bond donors (Lipinski definition) is 7. The van der Waals surface area contributed by atoms with Crippen LogP contribution in [0.5, 0.6) is 0 Å². The molecule has 1 heterocycles. The summed E-state index contributed by atoms with van der Waals surface area (Å²) >= 11 is 0. The predicted octanol–water partition coefficient (Wildman–Crippen LogP) is 4.19. The van der Waals surface area contributed by atoms with Gasteiger partial charge in [0, 0.05) is 40.0 Å². The maximum atomic E-state index is 13.4. The molecular weight excluding hydrogens is 728 g/mol. The van der Waals surface area contributed by atoms with Crippen molar-refractivity contribution in [2.24, 2.45) is 11.7 Å². The minimum Gasteiger partial charge on any atom is -0.483 e. The topological polar surface area (TPSA) is 244 Å². The number of hydrogen-bond acceptors (Lipinski definition) is 9. The Balaban J connectivity index is 0.00000158. The van der Waals surface area contributed by atoms with Crippen molar-refractivity contribution in [2.75, 3.05) is 16.8 Å². The number of nitrogens with two attached hydrogens (primary N) is 2. The lowest BCUT2D eigenvalue weighted by Crippen LogP contribution is -2.35. The summed E-state index contributed by atoms with van der Waals surface area (Å²) in [4.78, 5) is 48.5. The highest BCUT2D eigenvalue weighted by atomic mass is 32.2. The van der Waals surface area contributed by atoms with E-state index < -0.39 is 35.2 Å². The first-order chi connectivity index (χ1) is 24.0. The average Bonchev–Trinajstić information content (AvgIpc) is 3.01. The number of carboxylic acids is 1. The highest BCUT2D eigenvalue weighted by molar-refractivity contribution is 7.85. The third-order valence-corrected chi connectivity index (χ3v) is 7.48. The zero-order valence-electron chi connectivity index (χ0n) is 28.2. The minimum absolute atomic E-state index is 0.0336. The van der Waals surface area contributed by atoms with Crippen molar-refractivity contribution in [3.05, 3.63) is 70.1 Å². The number of rotatable bonds is 11. The summed E-state index contributed by atoms with van der Waals surface area (Å²) in [7, 11) is -1.27. The molecule has 0 radical (unpaired) electrons. The number of carbonyl (C=O) groups excluding carboxylic acids is 1. The number of nitrogens with one attached hydrogen (secondary N) is 3. The molecule has 3 rings (SSSR count). The standard InChI is InChI=1S/C27H35N7O3S.C2HF3O2.CHF3.CH2O2/c1-16(2)15-38(37)22-10-20(9-21(28)11-22)23-13-32-26(33-17(3)4)27(36)34(23)14-24(35)31-12-18-5-7-19(8-6-18)25(29)30;3-2(4,5)1(6)7;2-1(3)4;2-1-3/h5-11,13,16-17H,12,14-15,28H2,1-4H3,(H3,29,30)(H,31,35)(H,32,33);(H,6,7);1H;1H,(H,2,3). The minimum atomic E-state index is -5.08. The average molecular weight is 768 g/mol. The van der Waals surface area contributed by atoms with Gasteiger partial charge in [-0.15, -0.1) is 0 Å². The van der Waals surface area contributed by atoms with Crippen LogP contribution in [0.2, 0.25) is 0 Å². The lowest BCUT2D eigenvalue weighted by atomic mass is 10.1. The number of halogens is 6. The monoisotopic (exact) mass is 767 g/mol. The first-order valence-electron chi connectivity index (χ1n) is 14.7. The van der Waals surface area contributed by atoms with Gasteiger partial charge in [-0.05, 0) is 43.5 Å². The Morgan fingerprint density at radius 3 is 2.04 bits per heavy atom. The van der Waals surface area contributed by atoms with Crippen LogP contribution < -0.4 is 27.7 Å². The van der Waals surface area contributed by atoms with Crippen LogP contribution in [0.15, 0.2) is 58.4 Å². The Kier molecular flexibility index (Phi) is 20.0. The van der Waals surface area contributed by atoms with E-state index in [0.29, 0.717) is 33.2 Å². The number of aromatic nitrogens is 2. The second-order valence-corrected chi connectivity index (χ2v) is 12.4. The Morgan fingerprint density at radius 1 is 1.08 bits per heavy atom. The summed E-state index contributed by atoms with van der Waals surface area (Å²) in [6.07, 6.45) is -3.57. The quantitative estimate of drug-likeness (QED) is 0.0480. The molecule has 9 N–H and O–H groups in total. The van der Waals surface area contributed by atoms with Crippen molar-refractivity contribution in [2.45, 2.75) is 64.6 Å². The van der Waals surface area contributed by atoms with E-state index in [1.165, 1.54) is 10.8 Å². The van der Waals surface area contributed by atoms with Crippen molar-refractivity contribution < 1.29 is 55.1 Å². The Hall–Kier alpha value is -5.47. The molecule has 0 fully saturated rings. The van der Waals surface area contributed by atoms with E-state index in [1.54, 1.807) is 42.5 Å². The maximum Gasteiger partial charge on any atom is 0.490 e. The van der Waals surface area contributed by atoms with E-state index in [0.717, 1.165) is 5.56 Å². The van der Waals surface area contributed by atoms with Gasteiger partial charge in [0.1, 0.15) is 12.4 Å². The number of nitrogens with zero attached hydrogens (tertiary/aromatic N) is 2. The SMILES string of the molecule is CC(C)CS(=O)c1cc(N)cc(-c2cnc(NC(C)C)c(=O)n2CC(=O)NCc2ccc(C(=N)N)cc2)c1.FC(F)F.O=C(O)C(F)(F)F.O=CO. The van der Waals surface area contributed by atoms with E-state index in [1.807, 2.05) is 27.7 Å². The number of alkyl halides is 6. The summed E-state index contributed by atoms with van der Waals surface area (Å²) in [6.45, 7) is 3.82. The molecular formula is C31H39F6N7O7S. The largest absolute Gasteiger partial charge is 0.490 e. The summed E-state index contributed by atoms with van der Waals surface area (Å²) in [5.41, 5.74) is 13.9. The molecule has 1 aromatic heterocycles. The lowest BCUT2D eigenvalue weighted by Gasteiger charge is -2.17. The normalized spacial score (nSPS) is 11.2. The van der Waals surface area contributed by atoms with Crippen LogP contribution in [0.4, 0.5) is 37.8 Å². The summed E-state index contributed by atoms with van der Waals surface area (Å²) in [6, 6.07) is 12.0. The summed E-state index contributed by atoms with van der Waals surface area (Å²) < 4.78 is 74.9. The van der Waals surface area contributed by atoms with Crippen LogP contribution in [0, 0.1) is 11.3 Å². The molecule has 0 saturated carbocycles. The van der Waals surface area contributed by atoms with Gasteiger partial charge in [-0.25, -0.2) is 9.78 Å². The number of amidine groups is 1. The molecule has 1 amide bonds. The third kappa shape index (κ3) is 18.0. The van der Waals surface area contributed by atoms with Gasteiger partial charge in [-0.3, -0.25) is 28.6 Å². The van der Waals surface area contributed by atoms with E-state index >= 15 is 0 Å². The van der Waals surface area contributed by atoms with Crippen LogP contribution in [0.1, 0.15) is 38.8 Å². The number of carbonyl (C=O) groups is 3. The maximum absolute atomic E-state index is 13.4.